The topological polar surface area (TPSA) is 47.3 Å². The second-order valence-corrected chi connectivity index (χ2v) is 5.39. The van der Waals surface area contributed by atoms with Gasteiger partial charge in [0.1, 0.15) is 5.75 Å². The van der Waals surface area contributed by atoms with Crippen molar-refractivity contribution >= 4 is 17.0 Å². The average Bonchev–Trinajstić information content (AvgIpc) is 2.88. The molecule has 0 amide bonds. The molecule has 0 radical (unpaired) electrons. The quantitative estimate of drug-likeness (QED) is 0.797. The molecular formula is C15H20N2OS. The van der Waals surface area contributed by atoms with Crippen LogP contribution in [0.3, 0.4) is 0 Å². The molecule has 2 rings (SSSR count). The molecular weight excluding hydrogens is 256 g/mol. The van der Waals surface area contributed by atoms with E-state index in [-0.39, 0.29) is 0 Å². The van der Waals surface area contributed by atoms with Gasteiger partial charge in [-0.25, -0.2) is 0 Å². The van der Waals surface area contributed by atoms with E-state index in [1.807, 2.05) is 18.2 Å². The molecule has 1 aromatic carbocycles. The van der Waals surface area contributed by atoms with Gasteiger partial charge in [0, 0.05) is 29.7 Å². The molecule has 0 aliphatic heterocycles. The van der Waals surface area contributed by atoms with Gasteiger partial charge < -0.3 is 15.8 Å². The van der Waals surface area contributed by atoms with E-state index in [2.05, 4.69) is 23.7 Å². The highest BCUT2D eigenvalue weighted by Gasteiger charge is 2.04. The van der Waals surface area contributed by atoms with Crippen molar-refractivity contribution in [3.8, 4) is 5.75 Å². The monoisotopic (exact) mass is 276 g/mol. The molecule has 0 bridgehead atoms. The van der Waals surface area contributed by atoms with Gasteiger partial charge in [0.2, 0.25) is 0 Å². The molecule has 0 atom stereocenters. The zero-order chi connectivity index (χ0) is 13.7. The molecule has 1 heterocycles. The van der Waals surface area contributed by atoms with E-state index >= 15 is 0 Å². The molecule has 0 saturated carbocycles. The summed E-state index contributed by atoms with van der Waals surface area (Å²) in [5.74, 6) is 0.799. The number of ether oxygens (including phenoxy) is 1. The number of aryl methyl sites for hydroxylation is 1. The summed E-state index contributed by atoms with van der Waals surface area (Å²) >= 11 is 1.81. The van der Waals surface area contributed by atoms with Crippen molar-refractivity contribution in [3.63, 3.8) is 0 Å². The fourth-order valence-electron chi connectivity index (χ4n) is 2.01. The Morgan fingerprint density at radius 2 is 2.05 bits per heavy atom. The van der Waals surface area contributed by atoms with E-state index in [9.17, 15) is 0 Å². The molecule has 3 N–H and O–H groups in total. The Morgan fingerprint density at radius 1 is 1.21 bits per heavy atom. The number of methoxy groups -OCH3 is 1. The third-order valence-electron chi connectivity index (χ3n) is 3.17. The van der Waals surface area contributed by atoms with Crippen molar-refractivity contribution in [2.24, 2.45) is 0 Å². The van der Waals surface area contributed by atoms with Gasteiger partial charge in [-0.1, -0.05) is 13.0 Å². The highest BCUT2D eigenvalue weighted by molar-refractivity contribution is 7.10. The summed E-state index contributed by atoms with van der Waals surface area (Å²) in [5, 5.41) is 5.60. The lowest BCUT2D eigenvalue weighted by molar-refractivity contribution is 0.415. The van der Waals surface area contributed by atoms with Crippen LogP contribution < -0.4 is 15.8 Å². The normalized spacial score (nSPS) is 10.6. The lowest BCUT2D eigenvalue weighted by Crippen LogP contribution is -2.14. The van der Waals surface area contributed by atoms with Gasteiger partial charge >= 0.3 is 0 Å². The van der Waals surface area contributed by atoms with Crippen LogP contribution in [0, 0.1) is 0 Å². The third-order valence-corrected chi connectivity index (χ3v) is 4.14. The lowest BCUT2D eigenvalue weighted by Gasteiger charge is -2.09. The number of hydrogen-bond donors (Lipinski definition) is 2. The largest absolute Gasteiger partial charge is 0.497 e. The Labute approximate surface area is 118 Å². The highest BCUT2D eigenvalue weighted by Crippen LogP contribution is 2.20. The molecule has 0 aliphatic carbocycles. The second kappa shape index (κ2) is 6.59. The van der Waals surface area contributed by atoms with Gasteiger partial charge in [-0.3, -0.25) is 0 Å². The fourth-order valence-corrected chi connectivity index (χ4v) is 2.95. The maximum Gasteiger partial charge on any atom is 0.120 e. The molecule has 102 valence electrons. The molecule has 0 saturated heterocycles. The van der Waals surface area contributed by atoms with E-state index in [0.717, 1.165) is 36.5 Å². The molecule has 19 heavy (non-hydrogen) atoms. The minimum atomic E-state index is 0.772. The average molecular weight is 276 g/mol. The number of nitrogen functional groups attached to an aromatic ring is 1. The SMILES string of the molecule is CCc1ccsc1CNCc1ccc(OC)cc1N. The Hall–Kier alpha value is -1.52. The predicted molar refractivity (Wildman–Crippen MR) is 81.6 cm³/mol. The first-order valence-corrected chi connectivity index (χ1v) is 7.31. The fraction of sp³-hybridized carbons (Fsp3) is 0.333. The first-order valence-electron chi connectivity index (χ1n) is 6.43. The number of hydrogen-bond acceptors (Lipinski definition) is 4. The van der Waals surface area contributed by atoms with Crippen LogP contribution in [0.5, 0.6) is 5.75 Å². The summed E-state index contributed by atoms with van der Waals surface area (Å²) in [4.78, 5) is 1.41. The number of thiophene rings is 1. The number of rotatable bonds is 6. The number of benzene rings is 1. The van der Waals surface area contributed by atoms with Gasteiger partial charge in [-0.15, -0.1) is 11.3 Å². The van der Waals surface area contributed by atoms with Crippen LogP contribution in [0.15, 0.2) is 29.6 Å². The zero-order valence-corrected chi connectivity index (χ0v) is 12.2. The molecule has 0 aliphatic rings. The van der Waals surface area contributed by atoms with E-state index in [0.29, 0.717) is 0 Å². The van der Waals surface area contributed by atoms with Crippen molar-refractivity contribution < 1.29 is 4.74 Å². The molecule has 0 spiro atoms. The Bertz CT molecular complexity index is 537. The smallest absolute Gasteiger partial charge is 0.120 e. The summed E-state index contributed by atoms with van der Waals surface area (Å²) in [6.45, 7) is 3.86. The third kappa shape index (κ3) is 3.49. The minimum absolute atomic E-state index is 0.772. The molecule has 3 nitrogen and oxygen atoms in total. The summed E-state index contributed by atoms with van der Waals surface area (Å²) in [5.41, 5.74) is 9.30. The summed E-state index contributed by atoms with van der Waals surface area (Å²) in [6.07, 6.45) is 1.09. The number of nitrogens with one attached hydrogen (secondary N) is 1. The van der Waals surface area contributed by atoms with Crippen LogP contribution in [0.4, 0.5) is 5.69 Å². The van der Waals surface area contributed by atoms with Crippen LogP contribution in [0.1, 0.15) is 22.9 Å². The summed E-state index contributed by atoms with van der Waals surface area (Å²) in [7, 11) is 1.65. The number of nitrogens with two attached hydrogens (primary N) is 1. The molecule has 4 heteroatoms. The Balaban J connectivity index is 1.92. The lowest BCUT2D eigenvalue weighted by atomic mass is 10.1. The molecule has 1 aromatic heterocycles. The Kier molecular flexibility index (Phi) is 4.82. The summed E-state index contributed by atoms with van der Waals surface area (Å²) < 4.78 is 5.14. The van der Waals surface area contributed by atoms with E-state index in [1.165, 1.54) is 10.4 Å². The van der Waals surface area contributed by atoms with Crippen LogP contribution >= 0.6 is 11.3 Å². The maximum atomic E-state index is 6.00. The van der Waals surface area contributed by atoms with Gasteiger partial charge in [-0.05, 0) is 35.1 Å². The van der Waals surface area contributed by atoms with Crippen molar-refractivity contribution in [2.45, 2.75) is 26.4 Å². The van der Waals surface area contributed by atoms with Crippen molar-refractivity contribution in [2.75, 3.05) is 12.8 Å². The Morgan fingerprint density at radius 3 is 2.74 bits per heavy atom. The molecule has 2 aromatic rings. The van der Waals surface area contributed by atoms with Crippen LogP contribution in [0.25, 0.3) is 0 Å². The standard InChI is InChI=1S/C15H20N2OS/c1-3-11-6-7-19-15(11)10-17-9-12-4-5-13(18-2)8-14(12)16/h4-8,17H,3,9-10,16H2,1-2H3. The van der Waals surface area contributed by atoms with E-state index in [1.54, 1.807) is 18.4 Å². The van der Waals surface area contributed by atoms with Crippen molar-refractivity contribution in [1.82, 2.24) is 5.32 Å². The van der Waals surface area contributed by atoms with Gasteiger partial charge in [0.05, 0.1) is 7.11 Å². The van der Waals surface area contributed by atoms with Gasteiger partial charge in [0.15, 0.2) is 0 Å². The number of anilines is 1. The molecule has 0 fully saturated rings. The minimum Gasteiger partial charge on any atom is -0.497 e. The van der Waals surface area contributed by atoms with E-state index < -0.39 is 0 Å². The first kappa shape index (κ1) is 13.9. The van der Waals surface area contributed by atoms with E-state index in [4.69, 9.17) is 10.5 Å². The van der Waals surface area contributed by atoms with Crippen LogP contribution in [-0.4, -0.2) is 7.11 Å². The predicted octanol–water partition coefficient (Wildman–Crippen LogP) is 3.19. The summed E-state index contributed by atoms with van der Waals surface area (Å²) in [6, 6.07) is 8.01. The van der Waals surface area contributed by atoms with Crippen molar-refractivity contribution in [3.05, 3.63) is 45.6 Å². The van der Waals surface area contributed by atoms with Gasteiger partial charge in [-0.2, -0.15) is 0 Å². The van der Waals surface area contributed by atoms with Crippen LogP contribution in [0.2, 0.25) is 0 Å². The second-order valence-electron chi connectivity index (χ2n) is 4.39. The zero-order valence-electron chi connectivity index (χ0n) is 11.4. The molecule has 0 unspecified atom stereocenters. The van der Waals surface area contributed by atoms with Gasteiger partial charge in [0.25, 0.3) is 0 Å². The maximum absolute atomic E-state index is 6.00. The van der Waals surface area contributed by atoms with Crippen LogP contribution in [-0.2, 0) is 19.5 Å². The highest BCUT2D eigenvalue weighted by atomic mass is 32.1. The first-order chi connectivity index (χ1) is 9.24. The van der Waals surface area contributed by atoms with Crippen molar-refractivity contribution in [1.29, 1.82) is 0 Å².